The molecule has 0 aliphatic carbocycles. The second-order valence-electron chi connectivity index (χ2n) is 3.93. The van der Waals surface area contributed by atoms with Crippen LogP contribution in [0.1, 0.15) is 6.42 Å². The number of nitrogens with zero attached hydrogens (tertiary/aromatic N) is 1. The number of hydrogen-bond donors (Lipinski definition) is 0. The smallest absolute Gasteiger partial charge is 0.335 e. The van der Waals surface area contributed by atoms with Crippen molar-refractivity contribution in [3.8, 4) is 5.75 Å². The first kappa shape index (κ1) is 12.8. The average molecular weight is 257 g/mol. The zero-order valence-corrected chi connectivity index (χ0v) is 10.1. The summed E-state index contributed by atoms with van der Waals surface area (Å²) in [6.07, 6.45) is 1.08. The maximum Gasteiger partial charge on any atom is 0.335 e. The molecule has 1 heterocycles. The van der Waals surface area contributed by atoms with Crippen molar-refractivity contribution in [2.75, 3.05) is 4.90 Å². The van der Waals surface area contributed by atoms with Crippen LogP contribution < -0.4 is 9.64 Å². The summed E-state index contributed by atoms with van der Waals surface area (Å²) in [6, 6.07) is 6.05. The van der Waals surface area contributed by atoms with E-state index < -0.39 is 11.9 Å². The van der Waals surface area contributed by atoms with Crippen LogP contribution in [-0.2, 0) is 14.4 Å². The Bertz CT molecular complexity index is 586. The van der Waals surface area contributed by atoms with Crippen molar-refractivity contribution in [3.63, 3.8) is 0 Å². The molecule has 1 aromatic carbocycles. The topological polar surface area (TPSA) is 63.7 Å². The highest BCUT2D eigenvalue weighted by Crippen LogP contribution is 2.26. The first-order valence-electron chi connectivity index (χ1n) is 5.52. The van der Waals surface area contributed by atoms with Gasteiger partial charge in [0.05, 0.1) is 12.1 Å². The van der Waals surface area contributed by atoms with Crippen molar-refractivity contribution >= 4 is 23.5 Å². The van der Waals surface area contributed by atoms with Crippen LogP contribution in [0, 0.1) is 0 Å². The van der Waals surface area contributed by atoms with Crippen LogP contribution >= 0.6 is 0 Å². The van der Waals surface area contributed by atoms with Gasteiger partial charge in [-0.3, -0.25) is 9.59 Å². The second kappa shape index (κ2) is 4.89. The number of rotatable bonds is 3. The van der Waals surface area contributed by atoms with Gasteiger partial charge in [0.1, 0.15) is 5.75 Å². The molecule has 5 heteroatoms. The summed E-state index contributed by atoms with van der Waals surface area (Å²) < 4.78 is 4.89. The number of ether oxygens (including phenoxy) is 1. The summed E-state index contributed by atoms with van der Waals surface area (Å²) >= 11 is 0. The van der Waals surface area contributed by atoms with E-state index in [0.717, 1.165) is 11.0 Å². The van der Waals surface area contributed by atoms with Gasteiger partial charge in [0.25, 0.3) is 5.91 Å². The predicted molar refractivity (Wildman–Crippen MR) is 68.5 cm³/mol. The number of benzene rings is 1. The van der Waals surface area contributed by atoms with E-state index in [2.05, 4.69) is 13.2 Å². The van der Waals surface area contributed by atoms with E-state index in [0.29, 0.717) is 11.4 Å². The summed E-state index contributed by atoms with van der Waals surface area (Å²) in [5, 5.41) is 0. The van der Waals surface area contributed by atoms with Gasteiger partial charge in [0.15, 0.2) is 0 Å². The Morgan fingerprint density at radius 1 is 1.26 bits per heavy atom. The number of hydrogen-bond acceptors (Lipinski definition) is 4. The van der Waals surface area contributed by atoms with Gasteiger partial charge in [-0.25, -0.2) is 9.69 Å². The third-order valence-corrected chi connectivity index (χ3v) is 2.60. The molecule has 1 aromatic rings. The van der Waals surface area contributed by atoms with Crippen LogP contribution in [0.25, 0.3) is 0 Å². The Labute approximate surface area is 109 Å². The minimum absolute atomic E-state index is 0.0338. The molecule has 1 saturated heterocycles. The van der Waals surface area contributed by atoms with Crippen molar-refractivity contribution in [1.82, 2.24) is 0 Å². The number of amides is 2. The van der Waals surface area contributed by atoms with E-state index in [-0.39, 0.29) is 17.9 Å². The molecule has 5 nitrogen and oxygen atoms in total. The van der Waals surface area contributed by atoms with E-state index in [1.165, 1.54) is 24.3 Å². The van der Waals surface area contributed by atoms with Gasteiger partial charge < -0.3 is 4.74 Å². The maximum atomic E-state index is 11.7. The molecule has 0 spiro atoms. The van der Waals surface area contributed by atoms with Gasteiger partial charge in [0.2, 0.25) is 5.91 Å². The Morgan fingerprint density at radius 3 is 2.37 bits per heavy atom. The molecule has 0 bridgehead atoms. The summed E-state index contributed by atoms with van der Waals surface area (Å²) in [7, 11) is 0. The lowest BCUT2D eigenvalue weighted by Gasteiger charge is -2.13. The van der Waals surface area contributed by atoms with Crippen LogP contribution in [-0.4, -0.2) is 17.8 Å². The monoisotopic (exact) mass is 257 g/mol. The standard InChI is InChI=1S/C14H11NO4/c1-3-13(17)19-11-6-4-10(5-7-11)15-12(16)8-9(2)14(15)18/h3-7H,1-2,8H2. The summed E-state index contributed by atoms with van der Waals surface area (Å²) in [4.78, 5) is 35.4. The fraction of sp³-hybridized carbons (Fsp3) is 0.0714. The van der Waals surface area contributed by atoms with E-state index in [4.69, 9.17) is 4.74 Å². The molecule has 0 unspecified atom stereocenters. The van der Waals surface area contributed by atoms with Crippen molar-refractivity contribution in [3.05, 3.63) is 49.1 Å². The van der Waals surface area contributed by atoms with Crippen LogP contribution in [0.2, 0.25) is 0 Å². The lowest BCUT2D eigenvalue weighted by atomic mass is 10.2. The molecule has 19 heavy (non-hydrogen) atoms. The lowest BCUT2D eigenvalue weighted by Crippen LogP contribution is -2.28. The van der Waals surface area contributed by atoms with Crippen molar-refractivity contribution in [1.29, 1.82) is 0 Å². The van der Waals surface area contributed by atoms with Crippen molar-refractivity contribution < 1.29 is 19.1 Å². The zero-order chi connectivity index (χ0) is 14.0. The Hall–Kier alpha value is -2.69. The van der Waals surface area contributed by atoms with Gasteiger partial charge in [-0.2, -0.15) is 0 Å². The van der Waals surface area contributed by atoms with Gasteiger partial charge in [-0.15, -0.1) is 0 Å². The normalized spacial score (nSPS) is 14.7. The molecule has 0 N–H and O–H groups in total. The fourth-order valence-corrected chi connectivity index (χ4v) is 1.69. The highest BCUT2D eigenvalue weighted by molar-refractivity contribution is 6.27. The van der Waals surface area contributed by atoms with E-state index in [9.17, 15) is 14.4 Å². The van der Waals surface area contributed by atoms with Crippen molar-refractivity contribution in [2.24, 2.45) is 0 Å². The summed E-state index contributed by atoms with van der Waals surface area (Å²) in [5.74, 6) is -0.979. The molecule has 1 fully saturated rings. The molecular weight excluding hydrogens is 246 g/mol. The molecule has 96 valence electrons. The average Bonchev–Trinajstić information content (AvgIpc) is 2.64. The maximum absolute atomic E-state index is 11.7. The van der Waals surface area contributed by atoms with Crippen LogP contribution in [0.5, 0.6) is 5.75 Å². The van der Waals surface area contributed by atoms with Crippen molar-refractivity contribution in [2.45, 2.75) is 6.42 Å². The minimum Gasteiger partial charge on any atom is -0.423 e. The first-order valence-corrected chi connectivity index (χ1v) is 5.52. The Balaban J connectivity index is 2.21. The molecule has 1 aliphatic heterocycles. The third-order valence-electron chi connectivity index (χ3n) is 2.60. The predicted octanol–water partition coefficient (Wildman–Crippen LogP) is 1.60. The van der Waals surface area contributed by atoms with Gasteiger partial charge in [-0.1, -0.05) is 13.2 Å². The SMILES string of the molecule is C=CC(=O)Oc1ccc(N2C(=O)CC(=C)C2=O)cc1. The lowest BCUT2D eigenvalue weighted by molar-refractivity contribution is -0.129. The van der Waals surface area contributed by atoms with Gasteiger partial charge >= 0.3 is 5.97 Å². The highest BCUT2D eigenvalue weighted by Gasteiger charge is 2.33. The number of carbonyl (C=O) groups is 3. The molecular formula is C14H11NO4. The van der Waals surface area contributed by atoms with Crippen LogP contribution in [0.15, 0.2) is 49.1 Å². The van der Waals surface area contributed by atoms with Gasteiger partial charge in [-0.05, 0) is 24.3 Å². The summed E-state index contributed by atoms with van der Waals surface area (Å²) in [5.41, 5.74) is 0.694. The number of imide groups is 1. The van der Waals surface area contributed by atoms with Crippen LogP contribution in [0.3, 0.4) is 0 Å². The number of carbonyl (C=O) groups excluding carboxylic acids is 3. The molecule has 0 atom stereocenters. The molecule has 1 aliphatic rings. The summed E-state index contributed by atoms with van der Waals surface area (Å²) in [6.45, 7) is 6.82. The second-order valence-corrected chi connectivity index (χ2v) is 3.93. The number of esters is 1. The molecule has 2 amide bonds. The number of anilines is 1. The van der Waals surface area contributed by atoms with Gasteiger partial charge in [0, 0.05) is 11.6 Å². The quantitative estimate of drug-likeness (QED) is 0.357. The molecule has 0 saturated carbocycles. The van der Waals surface area contributed by atoms with E-state index >= 15 is 0 Å². The largest absolute Gasteiger partial charge is 0.423 e. The minimum atomic E-state index is -0.575. The van der Waals surface area contributed by atoms with Crippen LogP contribution in [0.4, 0.5) is 5.69 Å². The first-order chi connectivity index (χ1) is 9.02. The Kier molecular flexibility index (Phi) is 3.29. The zero-order valence-electron chi connectivity index (χ0n) is 10.1. The highest BCUT2D eigenvalue weighted by atomic mass is 16.5. The third kappa shape index (κ3) is 2.44. The molecule has 0 radical (unpaired) electrons. The molecule has 2 rings (SSSR count). The van der Waals surface area contributed by atoms with E-state index in [1.54, 1.807) is 0 Å². The fourth-order valence-electron chi connectivity index (χ4n) is 1.69. The van der Waals surface area contributed by atoms with E-state index in [1.807, 2.05) is 0 Å². The Morgan fingerprint density at radius 2 is 1.89 bits per heavy atom. The molecule has 0 aromatic heterocycles.